The lowest BCUT2D eigenvalue weighted by Crippen LogP contribution is -2.31. The van der Waals surface area contributed by atoms with Gasteiger partial charge in [-0.2, -0.15) is 5.10 Å². The third-order valence-electron chi connectivity index (χ3n) is 6.25. The first-order chi connectivity index (χ1) is 16.5. The second-order valence-corrected chi connectivity index (χ2v) is 8.91. The molecule has 5 nitrogen and oxygen atoms in total. The van der Waals surface area contributed by atoms with Crippen molar-refractivity contribution in [3.8, 4) is 0 Å². The molecular formula is C29H31N3O2. The second-order valence-electron chi connectivity index (χ2n) is 8.91. The van der Waals surface area contributed by atoms with Crippen LogP contribution in [0, 0.1) is 6.92 Å². The Labute approximate surface area is 200 Å². The summed E-state index contributed by atoms with van der Waals surface area (Å²) in [5, 5.41) is 7.89. The summed E-state index contributed by atoms with van der Waals surface area (Å²) < 4.78 is 1.63. The van der Waals surface area contributed by atoms with E-state index in [-0.39, 0.29) is 17.5 Å². The van der Waals surface area contributed by atoms with E-state index in [1.807, 2.05) is 43.3 Å². The van der Waals surface area contributed by atoms with Crippen molar-refractivity contribution < 1.29 is 9.59 Å². The molecule has 0 radical (unpaired) electrons. The van der Waals surface area contributed by atoms with Crippen LogP contribution in [-0.4, -0.2) is 27.7 Å². The van der Waals surface area contributed by atoms with Crippen LogP contribution in [0.15, 0.2) is 79.1 Å². The van der Waals surface area contributed by atoms with Gasteiger partial charge in [-0.3, -0.25) is 9.59 Å². The van der Waals surface area contributed by atoms with Gasteiger partial charge in [-0.15, -0.1) is 0 Å². The normalized spacial score (nSPS) is 13.0. The van der Waals surface area contributed by atoms with Crippen molar-refractivity contribution in [3.63, 3.8) is 0 Å². The van der Waals surface area contributed by atoms with Crippen LogP contribution < -0.4 is 5.32 Å². The highest BCUT2D eigenvalue weighted by molar-refractivity contribution is 6.06. The van der Waals surface area contributed by atoms with Crippen LogP contribution in [0.3, 0.4) is 0 Å². The number of benzene rings is 2. The molecule has 174 valence electrons. The fourth-order valence-corrected chi connectivity index (χ4v) is 4.18. The number of nitrogens with one attached hydrogen (secondary N) is 1. The van der Waals surface area contributed by atoms with Gasteiger partial charge in [-0.05, 0) is 42.5 Å². The topological polar surface area (TPSA) is 63.5 Å². The molecule has 2 heterocycles. The van der Waals surface area contributed by atoms with E-state index in [2.05, 4.69) is 48.5 Å². The Bertz CT molecular complexity index is 1280. The number of aromatic nitrogens is 2. The van der Waals surface area contributed by atoms with E-state index in [1.165, 1.54) is 11.1 Å². The molecule has 2 aromatic carbocycles. The zero-order valence-corrected chi connectivity index (χ0v) is 20.0. The van der Waals surface area contributed by atoms with E-state index >= 15 is 0 Å². The van der Waals surface area contributed by atoms with Gasteiger partial charge in [-0.25, -0.2) is 4.52 Å². The minimum Gasteiger partial charge on any atom is -0.303 e. The molecule has 0 bridgehead atoms. The molecule has 0 saturated heterocycles. The SMILES string of the molecule is CCCC(=O)c1ccc2c(C(=O)[C@H](NC[C@@H](C)c3ccc(C)cc3)c3ccccc3)cnn2c1. The van der Waals surface area contributed by atoms with E-state index in [4.69, 9.17) is 0 Å². The molecule has 0 fully saturated rings. The summed E-state index contributed by atoms with van der Waals surface area (Å²) in [7, 11) is 0. The van der Waals surface area contributed by atoms with Crippen LogP contribution in [0.4, 0.5) is 0 Å². The number of carbonyl (C=O) groups excluding carboxylic acids is 2. The van der Waals surface area contributed by atoms with E-state index < -0.39 is 6.04 Å². The minimum atomic E-state index is -0.497. The fourth-order valence-electron chi connectivity index (χ4n) is 4.18. The number of Topliss-reactive ketones (excluding diaryl/α,β-unsaturated/α-hetero) is 2. The number of aryl methyl sites for hydroxylation is 1. The first-order valence-corrected chi connectivity index (χ1v) is 11.9. The molecule has 0 saturated carbocycles. The maximum Gasteiger partial charge on any atom is 0.188 e. The number of nitrogens with zero attached hydrogens (tertiary/aromatic N) is 2. The predicted molar refractivity (Wildman–Crippen MR) is 136 cm³/mol. The summed E-state index contributed by atoms with van der Waals surface area (Å²) in [6.07, 6.45) is 4.62. The smallest absolute Gasteiger partial charge is 0.188 e. The summed E-state index contributed by atoms with van der Waals surface area (Å²) in [6, 6.07) is 21.4. The Hall–Kier alpha value is -3.57. The standard InChI is InChI=1S/C29H31N3O2/c1-4-8-27(33)24-15-16-26-25(18-31-32(26)19-24)29(34)28(23-9-6-5-7-10-23)30-17-21(3)22-13-11-20(2)12-14-22/h5-7,9-16,18-19,21,28,30H,4,8,17H2,1-3H3/t21-,28-/m1/s1. The molecule has 1 N–H and O–H groups in total. The van der Waals surface area contributed by atoms with Crippen molar-refractivity contribution in [3.05, 3.63) is 107 Å². The summed E-state index contributed by atoms with van der Waals surface area (Å²) in [5.41, 5.74) is 5.23. The molecule has 4 aromatic rings. The Morgan fingerprint density at radius 1 is 0.971 bits per heavy atom. The van der Waals surface area contributed by atoms with Crippen molar-refractivity contribution in [2.45, 2.75) is 45.6 Å². The van der Waals surface area contributed by atoms with E-state index in [1.54, 1.807) is 23.0 Å². The molecule has 0 aliphatic rings. The van der Waals surface area contributed by atoms with Crippen LogP contribution in [-0.2, 0) is 0 Å². The Morgan fingerprint density at radius 2 is 1.71 bits per heavy atom. The molecular weight excluding hydrogens is 422 g/mol. The Kier molecular flexibility index (Phi) is 7.33. The van der Waals surface area contributed by atoms with E-state index in [0.717, 1.165) is 12.0 Å². The molecule has 4 rings (SSSR count). The maximum absolute atomic E-state index is 13.8. The molecule has 5 heteroatoms. The van der Waals surface area contributed by atoms with Gasteiger partial charge in [0.2, 0.25) is 0 Å². The highest BCUT2D eigenvalue weighted by Crippen LogP contribution is 2.24. The summed E-state index contributed by atoms with van der Waals surface area (Å²) >= 11 is 0. The van der Waals surface area contributed by atoms with Crippen molar-refractivity contribution in [1.82, 2.24) is 14.9 Å². The van der Waals surface area contributed by atoms with Crippen LogP contribution in [0.25, 0.3) is 5.52 Å². The van der Waals surface area contributed by atoms with Gasteiger partial charge in [0.05, 0.1) is 23.3 Å². The van der Waals surface area contributed by atoms with Crippen LogP contribution in [0.1, 0.15) is 76.1 Å². The monoisotopic (exact) mass is 453 g/mol. The van der Waals surface area contributed by atoms with Gasteiger partial charge in [0, 0.05) is 24.7 Å². The van der Waals surface area contributed by atoms with Gasteiger partial charge < -0.3 is 5.32 Å². The Balaban J connectivity index is 1.60. The molecule has 0 unspecified atom stereocenters. The van der Waals surface area contributed by atoms with Gasteiger partial charge >= 0.3 is 0 Å². The largest absolute Gasteiger partial charge is 0.303 e. The van der Waals surface area contributed by atoms with Gasteiger partial charge in [-0.1, -0.05) is 74.0 Å². The lowest BCUT2D eigenvalue weighted by atomic mass is 9.95. The second kappa shape index (κ2) is 10.6. The number of rotatable bonds is 10. The minimum absolute atomic E-state index is 0.0371. The Morgan fingerprint density at radius 3 is 2.41 bits per heavy atom. The number of hydrogen-bond acceptors (Lipinski definition) is 4. The maximum atomic E-state index is 13.8. The number of ketones is 2. The zero-order chi connectivity index (χ0) is 24.1. The third-order valence-corrected chi connectivity index (χ3v) is 6.25. The van der Waals surface area contributed by atoms with Crippen molar-refractivity contribution in [1.29, 1.82) is 0 Å². The number of hydrogen-bond donors (Lipinski definition) is 1. The van der Waals surface area contributed by atoms with Crippen LogP contribution in [0.2, 0.25) is 0 Å². The number of pyridine rings is 1. The highest BCUT2D eigenvalue weighted by atomic mass is 16.1. The zero-order valence-electron chi connectivity index (χ0n) is 20.0. The molecule has 0 spiro atoms. The summed E-state index contributed by atoms with van der Waals surface area (Å²) in [5.74, 6) is 0.294. The average molecular weight is 454 g/mol. The van der Waals surface area contributed by atoms with Gasteiger partial charge in [0.25, 0.3) is 0 Å². The highest BCUT2D eigenvalue weighted by Gasteiger charge is 2.25. The molecule has 2 aromatic heterocycles. The molecule has 0 aliphatic heterocycles. The van der Waals surface area contributed by atoms with Crippen LogP contribution >= 0.6 is 0 Å². The predicted octanol–water partition coefficient (Wildman–Crippen LogP) is 5.94. The summed E-state index contributed by atoms with van der Waals surface area (Å²) in [4.78, 5) is 26.0. The molecule has 0 amide bonds. The lowest BCUT2D eigenvalue weighted by molar-refractivity contribution is 0.0942. The van der Waals surface area contributed by atoms with E-state index in [9.17, 15) is 9.59 Å². The first-order valence-electron chi connectivity index (χ1n) is 11.9. The lowest BCUT2D eigenvalue weighted by Gasteiger charge is -2.21. The van der Waals surface area contributed by atoms with Crippen molar-refractivity contribution >= 4 is 17.1 Å². The van der Waals surface area contributed by atoms with Gasteiger partial charge in [0.15, 0.2) is 11.6 Å². The third kappa shape index (κ3) is 5.15. The molecule has 34 heavy (non-hydrogen) atoms. The van der Waals surface area contributed by atoms with Crippen LogP contribution in [0.5, 0.6) is 0 Å². The number of fused-ring (bicyclic) bond motifs is 1. The van der Waals surface area contributed by atoms with Crippen molar-refractivity contribution in [2.24, 2.45) is 0 Å². The van der Waals surface area contributed by atoms with Gasteiger partial charge in [0.1, 0.15) is 0 Å². The molecule has 2 atom stereocenters. The molecule has 0 aliphatic carbocycles. The van der Waals surface area contributed by atoms with E-state index in [0.29, 0.717) is 29.6 Å². The van der Waals surface area contributed by atoms with Crippen molar-refractivity contribution in [2.75, 3.05) is 6.54 Å². The number of carbonyl (C=O) groups is 2. The quantitative estimate of drug-likeness (QED) is 0.302. The fraction of sp³-hybridized carbons (Fsp3) is 0.276. The first kappa shape index (κ1) is 23.6. The average Bonchev–Trinajstić information content (AvgIpc) is 3.28. The summed E-state index contributed by atoms with van der Waals surface area (Å²) in [6.45, 7) is 6.88.